The van der Waals surface area contributed by atoms with Gasteiger partial charge in [0, 0.05) is 20.2 Å². The van der Waals surface area contributed by atoms with Crippen LogP contribution in [0.2, 0.25) is 5.02 Å². The summed E-state index contributed by atoms with van der Waals surface area (Å²) >= 11 is 5.88. The zero-order valence-corrected chi connectivity index (χ0v) is 9.83. The maximum absolute atomic E-state index is 11.3. The van der Waals surface area contributed by atoms with Gasteiger partial charge >= 0.3 is 0 Å². The van der Waals surface area contributed by atoms with Crippen LogP contribution >= 0.6 is 11.6 Å². The minimum atomic E-state index is -0.349. The smallest absolute Gasteiger partial charge is 0.271 e. The van der Waals surface area contributed by atoms with E-state index in [4.69, 9.17) is 16.3 Å². The van der Waals surface area contributed by atoms with Crippen LogP contribution in [0.3, 0.4) is 0 Å². The van der Waals surface area contributed by atoms with Crippen LogP contribution < -0.4 is 10.5 Å². The molecule has 1 aromatic heterocycles. The predicted molar refractivity (Wildman–Crippen MR) is 64.2 cm³/mol. The minimum Gasteiger partial charge on any atom is -0.383 e. The van der Waals surface area contributed by atoms with E-state index in [1.807, 2.05) is 4.90 Å². The summed E-state index contributed by atoms with van der Waals surface area (Å²) in [6.07, 6.45) is 3.04. The average Bonchev–Trinajstić information content (AvgIpc) is 2.28. The molecule has 0 fully saturated rings. The summed E-state index contributed by atoms with van der Waals surface area (Å²) in [5.74, 6) is 0.447. The molecule has 1 N–H and O–H groups in total. The third-order valence-corrected chi connectivity index (χ3v) is 2.33. The summed E-state index contributed by atoms with van der Waals surface area (Å²) in [6.45, 7) is 5.32. The second-order valence-electron chi connectivity index (χ2n) is 3.10. The Morgan fingerprint density at radius 2 is 2.50 bits per heavy atom. The first kappa shape index (κ1) is 12.7. The summed E-state index contributed by atoms with van der Waals surface area (Å²) in [4.78, 5) is 19.6. The molecular weight excluding hydrogens is 230 g/mol. The highest BCUT2D eigenvalue weighted by molar-refractivity contribution is 6.32. The number of nitrogens with zero attached hydrogens (tertiary/aromatic N) is 2. The fraction of sp³-hybridized carbons (Fsp3) is 0.400. The van der Waals surface area contributed by atoms with Gasteiger partial charge in [-0.05, 0) is 0 Å². The van der Waals surface area contributed by atoms with E-state index in [0.29, 0.717) is 25.5 Å². The van der Waals surface area contributed by atoms with Crippen LogP contribution in [0.15, 0.2) is 23.8 Å². The van der Waals surface area contributed by atoms with Gasteiger partial charge in [-0.3, -0.25) is 4.79 Å². The highest BCUT2D eigenvalue weighted by Crippen LogP contribution is 2.17. The number of H-pyrrole nitrogens is 1. The quantitative estimate of drug-likeness (QED) is 0.760. The Morgan fingerprint density at radius 3 is 3.12 bits per heavy atom. The number of anilines is 1. The lowest BCUT2D eigenvalue weighted by molar-refractivity contribution is 0.205. The molecular formula is C10H14ClN3O2. The molecule has 6 heteroatoms. The number of rotatable bonds is 6. The second kappa shape index (κ2) is 6.30. The fourth-order valence-corrected chi connectivity index (χ4v) is 1.46. The van der Waals surface area contributed by atoms with Gasteiger partial charge in [0.1, 0.15) is 5.02 Å². The zero-order valence-electron chi connectivity index (χ0n) is 9.07. The number of nitrogens with one attached hydrogen (secondary N) is 1. The summed E-state index contributed by atoms with van der Waals surface area (Å²) in [6, 6.07) is 0. The number of hydrogen-bond donors (Lipinski definition) is 1. The van der Waals surface area contributed by atoms with Crippen molar-refractivity contribution >= 4 is 17.4 Å². The van der Waals surface area contributed by atoms with Crippen LogP contribution in [0.4, 0.5) is 5.82 Å². The van der Waals surface area contributed by atoms with Crippen LogP contribution in [-0.4, -0.2) is 36.8 Å². The van der Waals surface area contributed by atoms with Crippen molar-refractivity contribution in [1.82, 2.24) is 9.97 Å². The number of hydrogen-bond acceptors (Lipinski definition) is 4. The first-order chi connectivity index (χ1) is 7.70. The van der Waals surface area contributed by atoms with Crippen molar-refractivity contribution in [2.24, 2.45) is 0 Å². The van der Waals surface area contributed by atoms with Crippen LogP contribution in [-0.2, 0) is 4.74 Å². The van der Waals surface area contributed by atoms with Gasteiger partial charge in [0.2, 0.25) is 0 Å². The molecule has 5 nitrogen and oxygen atoms in total. The number of aromatic amines is 1. The van der Waals surface area contributed by atoms with Crippen LogP contribution in [0.1, 0.15) is 0 Å². The lowest BCUT2D eigenvalue weighted by Crippen LogP contribution is -2.30. The lowest BCUT2D eigenvalue weighted by Gasteiger charge is -2.21. The third-order valence-electron chi connectivity index (χ3n) is 1.99. The summed E-state index contributed by atoms with van der Waals surface area (Å²) in [7, 11) is 1.61. The summed E-state index contributed by atoms with van der Waals surface area (Å²) in [5, 5.41) is 0.0838. The Morgan fingerprint density at radius 1 is 1.75 bits per heavy atom. The molecule has 1 rings (SSSR count). The molecule has 1 heterocycles. The molecule has 0 spiro atoms. The van der Waals surface area contributed by atoms with Gasteiger partial charge in [-0.25, -0.2) is 4.98 Å². The number of halogens is 1. The fourth-order valence-electron chi connectivity index (χ4n) is 1.24. The number of methoxy groups -OCH3 is 1. The normalized spacial score (nSPS) is 10.1. The first-order valence-corrected chi connectivity index (χ1v) is 5.16. The molecule has 88 valence electrons. The molecule has 0 bridgehead atoms. The highest BCUT2D eigenvalue weighted by Gasteiger charge is 2.12. The van der Waals surface area contributed by atoms with Crippen LogP contribution in [0.25, 0.3) is 0 Å². The second-order valence-corrected chi connectivity index (χ2v) is 3.47. The van der Waals surface area contributed by atoms with Gasteiger partial charge in [-0.15, -0.1) is 6.58 Å². The Balaban J connectivity index is 2.95. The van der Waals surface area contributed by atoms with E-state index in [1.165, 1.54) is 6.33 Å². The molecule has 16 heavy (non-hydrogen) atoms. The number of ether oxygens (including phenoxy) is 1. The standard InChI is InChI=1S/C10H14ClN3O2/c1-3-4-14(5-6-16-2)9-8(11)10(15)13-7-12-9/h3,7H,1,4-6H2,2H3,(H,12,13,15). The molecule has 0 atom stereocenters. The Kier molecular flexibility index (Phi) is 5.01. The molecule has 0 saturated carbocycles. The van der Waals surface area contributed by atoms with E-state index in [9.17, 15) is 4.79 Å². The lowest BCUT2D eigenvalue weighted by atomic mass is 10.4. The summed E-state index contributed by atoms with van der Waals surface area (Å²) < 4.78 is 4.98. The molecule has 0 saturated heterocycles. The third kappa shape index (κ3) is 3.08. The number of aromatic nitrogens is 2. The van der Waals surface area contributed by atoms with Gasteiger partial charge < -0.3 is 14.6 Å². The van der Waals surface area contributed by atoms with Crippen LogP contribution in [0, 0.1) is 0 Å². The van der Waals surface area contributed by atoms with E-state index in [0.717, 1.165) is 0 Å². The van der Waals surface area contributed by atoms with E-state index in [1.54, 1.807) is 13.2 Å². The van der Waals surface area contributed by atoms with E-state index in [-0.39, 0.29) is 10.6 Å². The molecule has 0 unspecified atom stereocenters. The monoisotopic (exact) mass is 243 g/mol. The van der Waals surface area contributed by atoms with Crippen molar-refractivity contribution in [3.63, 3.8) is 0 Å². The largest absolute Gasteiger partial charge is 0.383 e. The Bertz CT molecular complexity index is 405. The average molecular weight is 244 g/mol. The molecule has 0 amide bonds. The summed E-state index contributed by atoms with van der Waals surface area (Å²) in [5.41, 5.74) is -0.349. The maximum Gasteiger partial charge on any atom is 0.271 e. The van der Waals surface area contributed by atoms with Gasteiger partial charge in [-0.1, -0.05) is 17.7 Å². The van der Waals surface area contributed by atoms with E-state index >= 15 is 0 Å². The van der Waals surface area contributed by atoms with Gasteiger partial charge in [0.05, 0.1) is 12.9 Å². The van der Waals surface area contributed by atoms with Crippen molar-refractivity contribution in [2.75, 3.05) is 31.7 Å². The van der Waals surface area contributed by atoms with Gasteiger partial charge in [0.25, 0.3) is 5.56 Å². The van der Waals surface area contributed by atoms with Gasteiger partial charge in [-0.2, -0.15) is 0 Å². The molecule has 0 radical (unpaired) electrons. The molecule has 1 aromatic rings. The molecule has 0 aliphatic rings. The molecule has 0 aliphatic carbocycles. The van der Waals surface area contributed by atoms with Crippen LogP contribution in [0.5, 0.6) is 0 Å². The first-order valence-electron chi connectivity index (χ1n) is 4.78. The molecule has 0 aromatic carbocycles. The Hall–Kier alpha value is -1.33. The van der Waals surface area contributed by atoms with Crippen molar-refractivity contribution < 1.29 is 4.74 Å². The predicted octanol–water partition coefficient (Wildman–Crippen LogP) is 1.06. The maximum atomic E-state index is 11.3. The van der Waals surface area contributed by atoms with Gasteiger partial charge in [0.15, 0.2) is 5.82 Å². The van der Waals surface area contributed by atoms with Crippen molar-refractivity contribution in [3.05, 3.63) is 34.4 Å². The SMILES string of the molecule is C=CCN(CCOC)c1nc[nH]c(=O)c1Cl. The highest BCUT2D eigenvalue weighted by atomic mass is 35.5. The molecule has 0 aliphatic heterocycles. The van der Waals surface area contributed by atoms with E-state index < -0.39 is 0 Å². The van der Waals surface area contributed by atoms with Crippen molar-refractivity contribution in [1.29, 1.82) is 0 Å². The van der Waals surface area contributed by atoms with E-state index in [2.05, 4.69) is 16.5 Å². The topological polar surface area (TPSA) is 58.2 Å². The minimum absolute atomic E-state index is 0.0838. The zero-order chi connectivity index (χ0) is 12.0. The van der Waals surface area contributed by atoms with Crippen molar-refractivity contribution in [2.45, 2.75) is 0 Å². The van der Waals surface area contributed by atoms with Crippen molar-refractivity contribution in [3.8, 4) is 0 Å². The Labute approximate surface area is 98.7 Å².